The highest BCUT2D eigenvalue weighted by atomic mass is 35.5. The molecule has 1 aliphatic heterocycles. The maximum atomic E-state index is 14.3. The molecule has 5 rings (SSSR count). The second-order valence-electron chi connectivity index (χ2n) is 7.22. The van der Waals surface area contributed by atoms with Crippen LogP contribution in [0.25, 0.3) is 33.4 Å². The number of hydrogen-bond donors (Lipinski definition) is 1. The lowest BCUT2D eigenvalue weighted by atomic mass is 9.94. The van der Waals surface area contributed by atoms with E-state index >= 15 is 0 Å². The van der Waals surface area contributed by atoms with Gasteiger partial charge in [-0.1, -0.05) is 41.9 Å². The van der Waals surface area contributed by atoms with Crippen LogP contribution >= 0.6 is 11.6 Å². The van der Waals surface area contributed by atoms with Crippen LogP contribution < -0.4 is 4.90 Å². The highest BCUT2D eigenvalue weighted by molar-refractivity contribution is 6.31. The van der Waals surface area contributed by atoms with E-state index < -0.39 is 5.82 Å². The Kier molecular flexibility index (Phi) is 4.64. The molecule has 3 heterocycles. The first-order valence-corrected chi connectivity index (χ1v) is 10.1. The van der Waals surface area contributed by atoms with Gasteiger partial charge in [0.15, 0.2) is 5.82 Å². The number of hydrogen-bond acceptors (Lipinski definition) is 4. The number of nitrogens with one attached hydrogen (secondary N) is 1. The van der Waals surface area contributed by atoms with Crippen LogP contribution in [-0.4, -0.2) is 33.3 Å². The fourth-order valence-corrected chi connectivity index (χ4v) is 4.20. The molecular weight excluding hydrogens is 389 g/mol. The van der Waals surface area contributed by atoms with E-state index in [4.69, 9.17) is 16.6 Å². The van der Waals surface area contributed by atoms with Gasteiger partial charge in [0.25, 0.3) is 0 Å². The first-order chi connectivity index (χ1) is 14.2. The van der Waals surface area contributed by atoms with Crippen molar-refractivity contribution in [2.45, 2.75) is 19.3 Å². The van der Waals surface area contributed by atoms with Gasteiger partial charge in [-0.3, -0.25) is 5.10 Å². The van der Waals surface area contributed by atoms with Crippen LogP contribution in [0.3, 0.4) is 0 Å². The summed E-state index contributed by atoms with van der Waals surface area (Å²) in [5.74, 6) is 0.969. The van der Waals surface area contributed by atoms with E-state index in [9.17, 15) is 4.39 Å². The van der Waals surface area contributed by atoms with E-state index in [-0.39, 0.29) is 5.02 Å². The second kappa shape index (κ2) is 7.44. The Morgan fingerprint density at radius 3 is 2.52 bits per heavy atom. The van der Waals surface area contributed by atoms with Crippen molar-refractivity contribution >= 4 is 28.3 Å². The molecule has 146 valence electrons. The molecule has 1 aliphatic rings. The zero-order chi connectivity index (χ0) is 19.8. The summed E-state index contributed by atoms with van der Waals surface area (Å²) in [6.45, 7) is 1.81. The molecule has 0 spiro atoms. The summed E-state index contributed by atoms with van der Waals surface area (Å²) in [5, 5.41) is 7.92. The van der Waals surface area contributed by atoms with Gasteiger partial charge in [0.05, 0.1) is 16.1 Å². The molecule has 7 heteroatoms. The number of nitrogens with zero attached hydrogens (tertiary/aromatic N) is 4. The van der Waals surface area contributed by atoms with Crippen LogP contribution in [0.1, 0.15) is 19.3 Å². The van der Waals surface area contributed by atoms with Crippen LogP contribution in [0.2, 0.25) is 5.02 Å². The molecule has 0 unspecified atom stereocenters. The minimum absolute atomic E-state index is 0.0747. The second-order valence-corrected chi connectivity index (χ2v) is 7.62. The van der Waals surface area contributed by atoms with Crippen molar-refractivity contribution < 1.29 is 4.39 Å². The third-order valence-electron chi connectivity index (χ3n) is 5.38. The number of rotatable bonds is 3. The minimum Gasteiger partial charge on any atom is -0.356 e. The molecule has 0 radical (unpaired) electrons. The number of piperidine rings is 1. The monoisotopic (exact) mass is 407 g/mol. The fraction of sp³-hybridized carbons (Fsp3) is 0.227. The predicted octanol–water partition coefficient (Wildman–Crippen LogP) is 5.47. The quantitative estimate of drug-likeness (QED) is 0.489. The van der Waals surface area contributed by atoms with Crippen LogP contribution in [0, 0.1) is 5.82 Å². The van der Waals surface area contributed by atoms with E-state index in [1.54, 1.807) is 6.07 Å². The predicted molar refractivity (Wildman–Crippen MR) is 114 cm³/mol. The summed E-state index contributed by atoms with van der Waals surface area (Å²) < 4.78 is 14.3. The van der Waals surface area contributed by atoms with Crippen molar-refractivity contribution in [2.75, 3.05) is 18.0 Å². The average Bonchev–Trinajstić information content (AvgIpc) is 3.29. The summed E-state index contributed by atoms with van der Waals surface area (Å²) in [6, 6.07) is 13.1. The summed E-state index contributed by atoms with van der Waals surface area (Å²) in [4.78, 5) is 11.6. The van der Waals surface area contributed by atoms with E-state index in [0.717, 1.165) is 53.8 Å². The number of pyridine rings is 1. The molecule has 0 atom stereocenters. The number of halogens is 2. The molecule has 1 N–H and O–H groups in total. The summed E-state index contributed by atoms with van der Waals surface area (Å²) in [6.07, 6.45) is 4.90. The number of H-pyrrole nitrogens is 1. The number of anilines is 1. The zero-order valence-corrected chi connectivity index (χ0v) is 16.5. The van der Waals surface area contributed by atoms with Gasteiger partial charge in [-0.05, 0) is 30.9 Å². The molecule has 2 aromatic carbocycles. The van der Waals surface area contributed by atoms with Gasteiger partial charge in [0.1, 0.15) is 18.0 Å². The molecule has 1 saturated heterocycles. The molecule has 0 bridgehead atoms. The van der Waals surface area contributed by atoms with Crippen molar-refractivity contribution in [3.8, 4) is 22.5 Å². The van der Waals surface area contributed by atoms with Gasteiger partial charge in [0.2, 0.25) is 0 Å². The number of benzene rings is 2. The van der Waals surface area contributed by atoms with Crippen LogP contribution in [0.5, 0.6) is 0 Å². The van der Waals surface area contributed by atoms with Gasteiger partial charge < -0.3 is 4.90 Å². The van der Waals surface area contributed by atoms with Crippen molar-refractivity contribution in [2.24, 2.45) is 0 Å². The SMILES string of the molecule is Fc1cc2nc(N3CCCCC3)c(-c3ncn[nH]3)c(-c3ccccc3)c2cc1Cl. The van der Waals surface area contributed by atoms with Gasteiger partial charge in [-0.15, -0.1) is 0 Å². The third-order valence-corrected chi connectivity index (χ3v) is 5.67. The van der Waals surface area contributed by atoms with Gasteiger partial charge in [0, 0.05) is 30.1 Å². The minimum atomic E-state index is -0.470. The van der Waals surface area contributed by atoms with E-state index in [1.807, 2.05) is 30.3 Å². The highest BCUT2D eigenvalue weighted by Crippen LogP contribution is 2.43. The lowest BCUT2D eigenvalue weighted by Gasteiger charge is -2.30. The molecule has 0 aliphatic carbocycles. The summed E-state index contributed by atoms with van der Waals surface area (Å²) >= 11 is 6.16. The Balaban J connectivity index is 1.90. The van der Waals surface area contributed by atoms with Gasteiger partial charge >= 0.3 is 0 Å². The van der Waals surface area contributed by atoms with Crippen molar-refractivity contribution in [3.63, 3.8) is 0 Å². The normalized spacial score (nSPS) is 14.5. The summed E-state index contributed by atoms with van der Waals surface area (Å²) in [5.41, 5.74) is 3.36. The van der Waals surface area contributed by atoms with E-state index in [1.165, 1.54) is 18.8 Å². The van der Waals surface area contributed by atoms with E-state index in [0.29, 0.717) is 11.3 Å². The maximum absolute atomic E-state index is 14.3. The Morgan fingerprint density at radius 2 is 1.79 bits per heavy atom. The van der Waals surface area contributed by atoms with E-state index in [2.05, 4.69) is 20.1 Å². The first-order valence-electron chi connectivity index (χ1n) is 9.71. The molecular formula is C22H19ClFN5. The Hall–Kier alpha value is -2.99. The molecule has 5 nitrogen and oxygen atoms in total. The molecule has 29 heavy (non-hydrogen) atoms. The van der Waals surface area contributed by atoms with Crippen molar-refractivity contribution in [1.29, 1.82) is 0 Å². The fourth-order valence-electron chi connectivity index (χ4n) is 4.03. The summed E-state index contributed by atoms with van der Waals surface area (Å²) in [7, 11) is 0. The largest absolute Gasteiger partial charge is 0.356 e. The highest BCUT2D eigenvalue weighted by Gasteiger charge is 2.25. The zero-order valence-electron chi connectivity index (χ0n) is 15.7. The number of aromatic nitrogens is 4. The topological polar surface area (TPSA) is 57.7 Å². The Morgan fingerprint density at radius 1 is 1.00 bits per heavy atom. The molecule has 4 aromatic rings. The lowest BCUT2D eigenvalue weighted by molar-refractivity contribution is 0.574. The van der Waals surface area contributed by atoms with Crippen LogP contribution in [0.15, 0.2) is 48.8 Å². The standard InChI is InChI=1S/C22H19ClFN5/c23-16-11-15-18(12-17(16)24)27-22(29-9-5-2-6-10-29)20(21-25-13-26-28-21)19(15)14-7-3-1-4-8-14/h1,3-4,7-8,11-13H,2,5-6,9-10H2,(H,25,26,28). The first kappa shape index (κ1) is 18.1. The molecule has 0 amide bonds. The average molecular weight is 408 g/mol. The lowest BCUT2D eigenvalue weighted by Crippen LogP contribution is -2.31. The smallest absolute Gasteiger partial charge is 0.159 e. The maximum Gasteiger partial charge on any atom is 0.159 e. The third kappa shape index (κ3) is 3.23. The molecule has 1 fully saturated rings. The van der Waals surface area contributed by atoms with Gasteiger partial charge in [-0.25, -0.2) is 14.4 Å². The van der Waals surface area contributed by atoms with Crippen molar-refractivity contribution in [1.82, 2.24) is 20.2 Å². The molecule has 2 aromatic heterocycles. The van der Waals surface area contributed by atoms with Crippen molar-refractivity contribution in [3.05, 3.63) is 59.6 Å². The Labute approximate surface area is 172 Å². The number of aromatic amines is 1. The van der Waals surface area contributed by atoms with Gasteiger partial charge in [-0.2, -0.15) is 5.10 Å². The molecule has 0 saturated carbocycles. The number of fused-ring (bicyclic) bond motifs is 1. The Bertz CT molecular complexity index is 1160. The van der Waals surface area contributed by atoms with Crippen LogP contribution in [0.4, 0.5) is 10.2 Å². The van der Waals surface area contributed by atoms with Crippen LogP contribution in [-0.2, 0) is 0 Å².